The van der Waals surface area contributed by atoms with Gasteiger partial charge in [-0.25, -0.2) is 4.79 Å². The molecule has 0 aliphatic carbocycles. The molecule has 2 aromatic rings. The molecule has 1 N–H and O–H groups in total. The number of rotatable bonds is 3. The van der Waals surface area contributed by atoms with Crippen molar-refractivity contribution < 1.29 is 9.53 Å². The van der Waals surface area contributed by atoms with Gasteiger partial charge in [0.05, 0.1) is 18.8 Å². The zero-order chi connectivity index (χ0) is 16.4. The van der Waals surface area contributed by atoms with Gasteiger partial charge in [0.25, 0.3) is 0 Å². The van der Waals surface area contributed by atoms with Crippen molar-refractivity contribution in [2.24, 2.45) is 0 Å². The predicted octanol–water partition coefficient (Wildman–Crippen LogP) is 2.73. The van der Waals surface area contributed by atoms with Crippen molar-refractivity contribution in [1.82, 2.24) is 19.7 Å². The van der Waals surface area contributed by atoms with Crippen molar-refractivity contribution >= 4 is 23.3 Å². The first-order chi connectivity index (χ1) is 11.1. The first-order valence-electron chi connectivity index (χ1n) is 7.34. The van der Waals surface area contributed by atoms with E-state index in [1.165, 1.54) is 0 Å². The number of hydrogen-bond acceptors (Lipinski definition) is 4. The smallest absolute Gasteiger partial charge is 0.322 e. The molecule has 1 aliphatic heterocycles. The Labute approximate surface area is 139 Å². The molecule has 0 radical (unpaired) electrons. The van der Waals surface area contributed by atoms with Crippen LogP contribution in [0.3, 0.4) is 0 Å². The second kappa shape index (κ2) is 6.45. The molecule has 1 fully saturated rings. The minimum absolute atomic E-state index is 0.168. The van der Waals surface area contributed by atoms with Gasteiger partial charge >= 0.3 is 6.03 Å². The zero-order valence-corrected chi connectivity index (χ0v) is 13.7. The van der Waals surface area contributed by atoms with Crippen LogP contribution >= 0.6 is 11.6 Å². The van der Waals surface area contributed by atoms with Gasteiger partial charge in [-0.15, -0.1) is 10.2 Å². The minimum Gasteiger partial charge on any atom is -0.495 e. The molecule has 1 saturated heterocycles. The van der Waals surface area contributed by atoms with Gasteiger partial charge in [0.2, 0.25) is 0 Å². The van der Waals surface area contributed by atoms with Crippen LogP contribution in [0.25, 0.3) is 0 Å². The largest absolute Gasteiger partial charge is 0.495 e. The third-order valence-corrected chi connectivity index (χ3v) is 4.23. The topological polar surface area (TPSA) is 72.3 Å². The molecule has 2 amide bonds. The molecular formula is C15H18ClN5O2. The number of amides is 2. The quantitative estimate of drug-likeness (QED) is 0.936. The molecule has 1 aliphatic rings. The second-order valence-corrected chi connectivity index (χ2v) is 5.89. The van der Waals surface area contributed by atoms with E-state index < -0.39 is 0 Å². The number of likely N-dealkylation sites (tertiary alicyclic amines) is 1. The molecule has 0 spiro atoms. The normalized spacial score (nSPS) is 17.3. The predicted molar refractivity (Wildman–Crippen MR) is 87.0 cm³/mol. The standard InChI is InChI=1S/C15H18ClN5O2/c1-10-19-17-9-21(10)12-5-6-20(8-12)15(22)18-13-7-11(16)3-4-14(13)23-2/h3-4,7,9,12H,5-6,8H2,1-2H3,(H,18,22). The number of anilines is 1. The van der Waals surface area contributed by atoms with E-state index in [-0.39, 0.29) is 12.1 Å². The van der Waals surface area contributed by atoms with Gasteiger partial charge in [0.15, 0.2) is 0 Å². The molecular weight excluding hydrogens is 318 g/mol. The summed E-state index contributed by atoms with van der Waals surface area (Å²) in [6.45, 7) is 3.21. The van der Waals surface area contributed by atoms with Crippen LogP contribution in [0.15, 0.2) is 24.5 Å². The van der Waals surface area contributed by atoms with Crippen molar-refractivity contribution in [1.29, 1.82) is 0 Å². The van der Waals surface area contributed by atoms with Crippen LogP contribution in [0.2, 0.25) is 5.02 Å². The summed E-state index contributed by atoms with van der Waals surface area (Å²) in [5, 5.41) is 11.3. The molecule has 8 heteroatoms. The molecule has 122 valence electrons. The molecule has 0 bridgehead atoms. The number of nitrogens with one attached hydrogen (secondary N) is 1. The summed E-state index contributed by atoms with van der Waals surface area (Å²) in [6.07, 6.45) is 2.58. The summed E-state index contributed by atoms with van der Waals surface area (Å²) < 4.78 is 7.25. The van der Waals surface area contributed by atoms with E-state index in [0.717, 1.165) is 12.2 Å². The molecule has 2 heterocycles. The van der Waals surface area contributed by atoms with E-state index in [4.69, 9.17) is 16.3 Å². The van der Waals surface area contributed by atoms with E-state index in [2.05, 4.69) is 15.5 Å². The maximum atomic E-state index is 12.5. The highest BCUT2D eigenvalue weighted by Crippen LogP contribution is 2.29. The Kier molecular flexibility index (Phi) is 4.38. The van der Waals surface area contributed by atoms with Crippen LogP contribution in [-0.4, -0.2) is 45.9 Å². The van der Waals surface area contributed by atoms with Gasteiger partial charge in [-0.05, 0) is 31.5 Å². The van der Waals surface area contributed by atoms with Gasteiger partial charge < -0.3 is 19.5 Å². The Balaban J connectivity index is 1.68. The monoisotopic (exact) mass is 335 g/mol. The average molecular weight is 336 g/mol. The number of nitrogens with zero attached hydrogens (tertiary/aromatic N) is 4. The summed E-state index contributed by atoms with van der Waals surface area (Å²) in [6, 6.07) is 5.16. The molecule has 1 atom stereocenters. The van der Waals surface area contributed by atoms with Crippen molar-refractivity contribution in [2.45, 2.75) is 19.4 Å². The van der Waals surface area contributed by atoms with Gasteiger partial charge in [-0.3, -0.25) is 0 Å². The Bertz CT molecular complexity index is 718. The van der Waals surface area contributed by atoms with Crippen molar-refractivity contribution in [3.63, 3.8) is 0 Å². The molecule has 23 heavy (non-hydrogen) atoms. The Morgan fingerprint density at radius 1 is 1.48 bits per heavy atom. The zero-order valence-electron chi connectivity index (χ0n) is 13.0. The number of methoxy groups -OCH3 is 1. The van der Waals surface area contributed by atoms with Gasteiger partial charge in [0, 0.05) is 18.1 Å². The SMILES string of the molecule is COc1ccc(Cl)cc1NC(=O)N1CCC(n2cnnc2C)C1. The third-order valence-electron chi connectivity index (χ3n) is 4.00. The Morgan fingerprint density at radius 2 is 2.30 bits per heavy atom. The van der Waals surface area contributed by atoms with E-state index >= 15 is 0 Å². The second-order valence-electron chi connectivity index (χ2n) is 5.45. The lowest BCUT2D eigenvalue weighted by Gasteiger charge is -2.19. The summed E-state index contributed by atoms with van der Waals surface area (Å²) in [5.41, 5.74) is 0.564. The summed E-state index contributed by atoms with van der Waals surface area (Å²) in [4.78, 5) is 14.2. The number of urea groups is 1. The average Bonchev–Trinajstić information content (AvgIpc) is 3.16. The molecule has 1 aromatic carbocycles. The number of hydrogen-bond donors (Lipinski definition) is 1. The number of benzene rings is 1. The fourth-order valence-electron chi connectivity index (χ4n) is 2.78. The van der Waals surface area contributed by atoms with Crippen molar-refractivity contribution in [3.05, 3.63) is 35.4 Å². The minimum atomic E-state index is -0.168. The first kappa shape index (κ1) is 15.6. The molecule has 3 rings (SSSR count). The number of aromatic nitrogens is 3. The van der Waals surface area contributed by atoms with Crippen LogP contribution in [0.1, 0.15) is 18.3 Å². The maximum absolute atomic E-state index is 12.5. The number of carbonyl (C=O) groups excluding carboxylic acids is 1. The van der Waals surface area contributed by atoms with Crippen LogP contribution in [0, 0.1) is 6.92 Å². The van der Waals surface area contributed by atoms with E-state index in [9.17, 15) is 4.79 Å². The van der Waals surface area contributed by atoms with E-state index in [0.29, 0.717) is 29.5 Å². The van der Waals surface area contributed by atoms with E-state index in [1.54, 1.807) is 36.5 Å². The fourth-order valence-corrected chi connectivity index (χ4v) is 2.96. The highest BCUT2D eigenvalue weighted by atomic mass is 35.5. The molecule has 0 saturated carbocycles. The van der Waals surface area contributed by atoms with Crippen molar-refractivity contribution in [2.75, 3.05) is 25.5 Å². The summed E-state index contributed by atoms with van der Waals surface area (Å²) in [5.74, 6) is 1.43. The highest BCUT2D eigenvalue weighted by molar-refractivity contribution is 6.31. The Hall–Kier alpha value is -2.28. The third kappa shape index (κ3) is 3.24. The van der Waals surface area contributed by atoms with Crippen LogP contribution < -0.4 is 10.1 Å². The molecule has 7 nitrogen and oxygen atoms in total. The number of aryl methyl sites for hydroxylation is 1. The van der Waals surface area contributed by atoms with Gasteiger partial charge in [0.1, 0.15) is 17.9 Å². The number of halogens is 1. The van der Waals surface area contributed by atoms with Crippen molar-refractivity contribution in [3.8, 4) is 5.75 Å². The lowest BCUT2D eigenvalue weighted by atomic mass is 10.2. The van der Waals surface area contributed by atoms with Gasteiger partial charge in [-0.2, -0.15) is 0 Å². The number of carbonyl (C=O) groups is 1. The summed E-state index contributed by atoms with van der Waals surface area (Å²) >= 11 is 5.99. The number of ether oxygens (including phenoxy) is 1. The fraction of sp³-hybridized carbons (Fsp3) is 0.400. The van der Waals surface area contributed by atoms with Gasteiger partial charge in [-0.1, -0.05) is 11.6 Å². The van der Waals surface area contributed by atoms with Crippen LogP contribution in [0.4, 0.5) is 10.5 Å². The van der Waals surface area contributed by atoms with E-state index in [1.807, 2.05) is 11.5 Å². The van der Waals surface area contributed by atoms with Crippen LogP contribution in [-0.2, 0) is 0 Å². The highest BCUT2D eigenvalue weighted by Gasteiger charge is 2.28. The molecule has 1 aromatic heterocycles. The lowest BCUT2D eigenvalue weighted by molar-refractivity contribution is 0.220. The Morgan fingerprint density at radius 3 is 3.00 bits per heavy atom. The molecule has 1 unspecified atom stereocenters. The summed E-state index contributed by atoms with van der Waals surface area (Å²) in [7, 11) is 1.56. The van der Waals surface area contributed by atoms with Crippen LogP contribution in [0.5, 0.6) is 5.75 Å². The first-order valence-corrected chi connectivity index (χ1v) is 7.72. The maximum Gasteiger partial charge on any atom is 0.322 e. The lowest BCUT2D eigenvalue weighted by Crippen LogP contribution is -2.33.